The van der Waals surface area contributed by atoms with E-state index in [0.29, 0.717) is 17.0 Å². The zero-order valence-electron chi connectivity index (χ0n) is 15.4. The van der Waals surface area contributed by atoms with Gasteiger partial charge in [0, 0.05) is 24.2 Å². The Hall–Kier alpha value is -3.36. The van der Waals surface area contributed by atoms with Crippen LogP contribution in [-0.2, 0) is 15.8 Å². The van der Waals surface area contributed by atoms with Gasteiger partial charge in [-0.1, -0.05) is 0 Å². The van der Waals surface area contributed by atoms with E-state index in [9.17, 15) is 27.6 Å². The minimum absolute atomic E-state index is 0.0308. The van der Waals surface area contributed by atoms with Crippen LogP contribution in [-0.4, -0.2) is 30.7 Å². The second-order valence-corrected chi connectivity index (χ2v) is 6.45. The smallest absolute Gasteiger partial charge is 0.416 e. The summed E-state index contributed by atoms with van der Waals surface area (Å²) in [4.78, 5) is 37.3. The molecular formula is C20H17F3N2O4. The van der Waals surface area contributed by atoms with Gasteiger partial charge in [0.25, 0.3) is 5.91 Å². The molecule has 2 aromatic carbocycles. The highest BCUT2D eigenvalue weighted by Crippen LogP contribution is 2.33. The van der Waals surface area contributed by atoms with E-state index in [1.54, 1.807) is 12.1 Å². The number of benzene rings is 2. The van der Waals surface area contributed by atoms with E-state index in [2.05, 4.69) is 5.32 Å². The second kappa shape index (κ2) is 7.94. The third-order valence-electron chi connectivity index (χ3n) is 4.37. The number of carbonyl (C=O) groups is 3. The van der Waals surface area contributed by atoms with Gasteiger partial charge < -0.3 is 15.0 Å². The summed E-state index contributed by atoms with van der Waals surface area (Å²) in [7, 11) is 0. The second-order valence-electron chi connectivity index (χ2n) is 6.45. The fourth-order valence-corrected chi connectivity index (χ4v) is 2.85. The quantitative estimate of drug-likeness (QED) is 0.769. The summed E-state index contributed by atoms with van der Waals surface area (Å²) in [6.07, 6.45) is -4.54. The van der Waals surface area contributed by atoms with Crippen LogP contribution in [0.2, 0.25) is 0 Å². The molecule has 1 aliphatic heterocycles. The van der Waals surface area contributed by atoms with Gasteiger partial charge in [-0.05, 0) is 49.4 Å². The van der Waals surface area contributed by atoms with Crippen molar-refractivity contribution in [2.24, 2.45) is 0 Å². The van der Waals surface area contributed by atoms with Gasteiger partial charge in [0.2, 0.25) is 5.91 Å². The van der Waals surface area contributed by atoms with Crippen LogP contribution in [0, 0.1) is 0 Å². The molecule has 29 heavy (non-hydrogen) atoms. The number of halogens is 3. The van der Waals surface area contributed by atoms with Crippen LogP contribution >= 0.6 is 0 Å². The van der Waals surface area contributed by atoms with E-state index in [0.717, 1.165) is 24.3 Å². The lowest BCUT2D eigenvalue weighted by Gasteiger charge is -2.29. The van der Waals surface area contributed by atoms with E-state index in [-0.39, 0.29) is 37.0 Å². The summed E-state index contributed by atoms with van der Waals surface area (Å²) in [5.74, 6) is -0.572. The first kappa shape index (κ1) is 20.4. The Kier molecular flexibility index (Phi) is 5.58. The number of carbonyl (C=O) groups excluding carboxylic acids is 3. The zero-order chi connectivity index (χ0) is 21.2. The largest absolute Gasteiger partial charge is 0.482 e. The van der Waals surface area contributed by atoms with Gasteiger partial charge in [0.05, 0.1) is 11.3 Å². The third-order valence-corrected chi connectivity index (χ3v) is 4.37. The fourth-order valence-electron chi connectivity index (χ4n) is 2.85. The predicted molar refractivity (Wildman–Crippen MR) is 99.0 cm³/mol. The summed E-state index contributed by atoms with van der Waals surface area (Å²) in [6.45, 7) is 1.24. The number of ether oxygens (including phenoxy) is 1. The van der Waals surface area contributed by atoms with Gasteiger partial charge >= 0.3 is 6.18 Å². The van der Waals surface area contributed by atoms with E-state index >= 15 is 0 Å². The van der Waals surface area contributed by atoms with Gasteiger partial charge in [-0.2, -0.15) is 13.2 Å². The van der Waals surface area contributed by atoms with Gasteiger partial charge in [0.15, 0.2) is 12.4 Å². The third kappa shape index (κ3) is 4.74. The molecule has 0 atom stereocenters. The van der Waals surface area contributed by atoms with Gasteiger partial charge in [-0.15, -0.1) is 0 Å². The predicted octanol–water partition coefficient (Wildman–Crippen LogP) is 3.66. The molecule has 0 saturated heterocycles. The minimum Gasteiger partial charge on any atom is -0.482 e. The van der Waals surface area contributed by atoms with Crippen molar-refractivity contribution in [3.05, 3.63) is 53.6 Å². The molecule has 0 saturated carbocycles. The van der Waals surface area contributed by atoms with Crippen LogP contribution in [0.25, 0.3) is 0 Å². The van der Waals surface area contributed by atoms with E-state index in [4.69, 9.17) is 4.74 Å². The number of ketones is 1. The van der Waals surface area contributed by atoms with Crippen LogP contribution in [0.15, 0.2) is 42.5 Å². The normalized spacial score (nSPS) is 13.5. The Morgan fingerprint density at radius 3 is 2.45 bits per heavy atom. The molecule has 2 aromatic rings. The lowest BCUT2D eigenvalue weighted by atomic mass is 10.1. The highest BCUT2D eigenvalue weighted by molar-refractivity contribution is 6.02. The first-order valence-electron chi connectivity index (χ1n) is 8.70. The average Bonchev–Trinajstić information content (AvgIpc) is 2.66. The maximum Gasteiger partial charge on any atom is 0.416 e. The zero-order valence-corrected chi connectivity index (χ0v) is 15.4. The molecule has 0 unspecified atom stereocenters. The molecule has 1 heterocycles. The molecule has 0 spiro atoms. The van der Waals surface area contributed by atoms with E-state index < -0.39 is 17.6 Å². The number of hydrogen-bond acceptors (Lipinski definition) is 4. The van der Waals surface area contributed by atoms with E-state index in [1.165, 1.54) is 17.9 Å². The number of hydrogen-bond donors (Lipinski definition) is 1. The molecule has 0 aliphatic carbocycles. The standard InChI is InChI=1S/C20H17F3N2O4/c1-12(26)13-2-7-17-16(10-13)25(19(28)11-29-17)9-8-18(27)24-15-5-3-14(4-6-15)20(21,22)23/h2-7,10H,8-9,11H2,1H3,(H,24,27). The monoisotopic (exact) mass is 406 g/mol. The number of alkyl halides is 3. The summed E-state index contributed by atoms with van der Waals surface area (Å²) in [5, 5.41) is 2.50. The van der Waals surface area contributed by atoms with Crippen molar-refractivity contribution in [1.29, 1.82) is 0 Å². The Morgan fingerprint density at radius 2 is 1.83 bits per heavy atom. The first-order chi connectivity index (χ1) is 13.6. The molecule has 0 radical (unpaired) electrons. The van der Waals surface area contributed by atoms with Crippen LogP contribution < -0.4 is 15.0 Å². The van der Waals surface area contributed by atoms with Crippen molar-refractivity contribution >= 4 is 29.0 Å². The first-order valence-corrected chi connectivity index (χ1v) is 8.70. The van der Waals surface area contributed by atoms with Crippen molar-refractivity contribution < 1.29 is 32.3 Å². The highest BCUT2D eigenvalue weighted by Gasteiger charge is 2.30. The van der Waals surface area contributed by atoms with Crippen LogP contribution in [0.3, 0.4) is 0 Å². The Bertz CT molecular complexity index is 955. The van der Waals surface area contributed by atoms with Crippen molar-refractivity contribution in [2.75, 3.05) is 23.4 Å². The Labute approximate surface area is 164 Å². The molecule has 0 bridgehead atoms. The molecular weight excluding hydrogens is 389 g/mol. The molecule has 3 rings (SSSR count). The van der Waals surface area contributed by atoms with Gasteiger partial charge in [-0.25, -0.2) is 0 Å². The highest BCUT2D eigenvalue weighted by atomic mass is 19.4. The number of nitrogens with one attached hydrogen (secondary N) is 1. The summed E-state index contributed by atoms with van der Waals surface area (Å²) in [6, 6.07) is 8.79. The molecule has 9 heteroatoms. The molecule has 2 amide bonds. The molecule has 1 aliphatic rings. The van der Waals surface area contributed by atoms with Crippen molar-refractivity contribution in [3.63, 3.8) is 0 Å². The van der Waals surface area contributed by atoms with Gasteiger partial charge in [-0.3, -0.25) is 14.4 Å². The van der Waals surface area contributed by atoms with Crippen LogP contribution in [0.1, 0.15) is 29.3 Å². The Balaban J connectivity index is 1.66. The number of anilines is 2. The molecule has 1 N–H and O–H groups in total. The van der Waals surface area contributed by atoms with Crippen molar-refractivity contribution in [2.45, 2.75) is 19.5 Å². The summed E-state index contributed by atoms with van der Waals surface area (Å²) >= 11 is 0. The lowest BCUT2D eigenvalue weighted by molar-refractivity contribution is -0.137. The lowest BCUT2D eigenvalue weighted by Crippen LogP contribution is -2.40. The maximum absolute atomic E-state index is 12.6. The number of fused-ring (bicyclic) bond motifs is 1. The van der Waals surface area contributed by atoms with Crippen LogP contribution in [0.4, 0.5) is 24.5 Å². The molecule has 0 fully saturated rings. The average molecular weight is 406 g/mol. The summed E-state index contributed by atoms with van der Waals surface area (Å²) < 4.78 is 43.1. The number of amides is 2. The SMILES string of the molecule is CC(=O)c1ccc2c(c1)N(CCC(=O)Nc1ccc(C(F)(F)F)cc1)C(=O)CO2. The van der Waals surface area contributed by atoms with Crippen molar-refractivity contribution in [3.8, 4) is 5.75 Å². The maximum atomic E-state index is 12.6. The minimum atomic E-state index is -4.45. The number of Topliss-reactive ketones (excluding diaryl/α,β-unsaturated/α-hetero) is 1. The topological polar surface area (TPSA) is 75.7 Å². The molecule has 152 valence electrons. The fraction of sp³-hybridized carbons (Fsp3) is 0.250. The van der Waals surface area contributed by atoms with Crippen molar-refractivity contribution in [1.82, 2.24) is 0 Å². The van der Waals surface area contributed by atoms with E-state index in [1.807, 2.05) is 0 Å². The summed E-state index contributed by atoms with van der Waals surface area (Å²) in [5.41, 5.74) is 0.209. The number of rotatable bonds is 5. The molecule has 6 nitrogen and oxygen atoms in total. The van der Waals surface area contributed by atoms with Crippen LogP contribution in [0.5, 0.6) is 5.75 Å². The Morgan fingerprint density at radius 1 is 1.14 bits per heavy atom. The van der Waals surface area contributed by atoms with Gasteiger partial charge in [0.1, 0.15) is 5.75 Å². The number of nitrogens with zero attached hydrogens (tertiary/aromatic N) is 1. The molecule has 0 aromatic heterocycles.